The van der Waals surface area contributed by atoms with Crippen molar-refractivity contribution in [3.8, 4) is 0 Å². The summed E-state index contributed by atoms with van der Waals surface area (Å²) in [6, 6.07) is 19.8. The maximum absolute atomic E-state index is 5.93. The predicted octanol–water partition coefficient (Wildman–Crippen LogP) is 5.37. The highest BCUT2D eigenvalue weighted by Crippen LogP contribution is 2.35. The van der Waals surface area contributed by atoms with Crippen LogP contribution >= 0.6 is 11.6 Å². The molecule has 4 aromatic rings. The summed E-state index contributed by atoms with van der Waals surface area (Å²) in [5.41, 5.74) is 1.35. The summed E-state index contributed by atoms with van der Waals surface area (Å²) in [5, 5.41) is 8.07. The Kier molecular flexibility index (Phi) is 2.39. The molecular formula is C18H13Cl. The van der Waals surface area contributed by atoms with E-state index in [1.807, 2.05) is 0 Å². The van der Waals surface area contributed by atoms with Crippen LogP contribution in [0.3, 0.4) is 0 Å². The first-order valence-electron chi connectivity index (χ1n) is 6.60. The van der Waals surface area contributed by atoms with Crippen LogP contribution in [0.25, 0.3) is 32.3 Å². The van der Waals surface area contributed by atoms with Gasteiger partial charge in [-0.15, -0.1) is 11.6 Å². The summed E-state index contributed by atoms with van der Waals surface area (Å²) >= 11 is 5.93. The summed E-state index contributed by atoms with van der Waals surface area (Å²) in [7, 11) is 0. The Morgan fingerprint density at radius 1 is 0.684 bits per heavy atom. The van der Waals surface area contributed by atoms with Crippen molar-refractivity contribution in [1.82, 2.24) is 0 Å². The van der Waals surface area contributed by atoms with Crippen molar-refractivity contribution >= 4 is 43.9 Å². The minimum absolute atomic E-state index is 0.671. The second kappa shape index (κ2) is 4.11. The summed E-state index contributed by atoms with van der Waals surface area (Å²) < 4.78 is 0. The van der Waals surface area contributed by atoms with Crippen LogP contribution < -0.4 is 0 Å². The number of hydrogen-bond acceptors (Lipinski definition) is 0. The molecule has 92 valence electrons. The Morgan fingerprint density at radius 2 is 1.32 bits per heavy atom. The van der Waals surface area contributed by atoms with E-state index in [2.05, 4.69) is 54.6 Å². The molecule has 1 heteroatoms. The van der Waals surface area contributed by atoms with E-state index in [0.717, 1.165) is 6.42 Å². The fourth-order valence-corrected chi connectivity index (χ4v) is 3.32. The average molecular weight is 265 g/mol. The largest absolute Gasteiger partial charge is 0.126 e. The zero-order valence-electron chi connectivity index (χ0n) is 10.5. The minimum atomic E-state index is 0.671. The average Bonchev–Trinajstić information content (AvgIpc) is 2.46. The van der Waals surface area contributed by atoms with Gasteiger partial charge in [0.15, 0.2) is 0 Å². The van der Waals surface area contributed by atoms with Crippen LogP contribution in [-0.4, -0.2) is 5.88 Å². The van der Waals surface area contributed by atoms with Crippen LogP contribution in [0.15, 0.2) is 54.6 Å². The molecule has 0 heterocycles. The van der Waals surface area contributed by atoms with E-state index < -0.39 is 0 Å². The fraction of sp³-hybridized carbons (Fsp3) is 0.111. The van der Waals surface area contributed by atoms with E-state index in [4.69, 9.17) is 11.6 Å². The van der Waals surface area contributed by atoms with Crippen molar-refractivity contribution in [2.24, 2.45) is 0 Å². The Balaban J connectivity index is 2.28. The standard InChI is InChI=1S/C18H13Cl/c19-11-10-12-4-5-15-7-6-13-2-1-3-14-8-9-16(12)18(15)17(13)14/h1-9H,10-11H2. The molecule has 0 bridgehead atoms. The third-order valence-electron chi connectivity index (χ3n) is 3.98. The van der Waals surface area contributed by atoms with Crippen LogP contribution in [0, 0.1) is 0 Å². The zero-order chi connectivity index (χ0) is 12.8. The maximum atomic E-state index is 5.93. The lowest BCUT2D eigenvalue weighted by Gasteiger charge is -2.13. The summed E-state index contributed by atoms with van der Waals surface area (Å²) in [6.45, 7) is 0. The van der Waals surface area contributed by atoms with Gasteiger partial charge in [0.05, 0.1) is 0 Å². The molecule has 0 N–H and O–H groups in total. The molecule has 0 aliphatic rings. The van der Waals surface area contributed by atoms with Crippen LogP contribution in [0.5, 0.6) is 0 Å². The third-order valence-corrected chi connectivity index (χ3v) is 4.17. The molecule has 4 aromatic carbocycles. The number of alkyl halides is 1. The van der Waals surface area contributed by atoms with Crippen LogP contribution in [0.4, 0.5) is 0 Å². The van der Waals surface area contributed by atoms with Gasteiger partial charge in [-0.25, -0.2) is 0 Å². The molecule has 19 heavy (non-hydrogen) atoms. The van der Waals surface area contributed by atoms with Crippen LogP contribution in [-0.2, 0) is 6.42 Å². The Hall–Kier alpha value is -1.79. The summed E-state index contributed by atoms with van der Waals surface area (Å²) in [6.07, 6.45) is 0.926. The first-order valence-corrected chi connectivity index (χ1v) is 7.13. The van der Waals surface area contributed by atoms with Gasteiger partial charge in [0.25, 0.3) is 0 Å². The normalized spacial score (nSPS) is 11.8. The van der Waals surface area contributed by atoms with E-state index in [9.17, 15) is 0 Å². The molecule has 0 radical (unpaired) electrons. The van der Waals surface area contributed by atoms with Crippen molar-refractivity contribution in [3.63, 3.8) is 0 Å². The molecule has 0 atom stereocenters. The minimum Gasteiger partial charge on any atom is -0.126 e. The molecule has 0 aliphatic heterocycles. The highest BCUT2D eigenvalue weighted by molar-refractivity contribution is 6.23. The number of aryl methyl sites for hydroxylation is 1. The molecule has 0 unspecified atom stereocenters. The topological polar surface area (TPSA) is 0 Å². The van der Waals surface area contributed by atoms with E-state index in [1.165, 1.54) is 37.9 Å². The summed E-state index contributed by atoms with van der Waals surface area (Å²) in [4.78, 5) is 0. The van der Waals surface area contributed by atoms with Gasteiger partial charge in [-0.2, -0.15) is 0 Å². The van der Waals surface area contributed by atoms with Gasteiger partial charge in [-0.3, -0.25) is 0 Å². The smallest absolute Gasteiger partial charge is 0.0264 e. The van der Waals surface area contributed by atoms with Gasteiger partial charge in [-0.05, 0) is 44.3 Å². The first kappa shape index (κ1) is 11.1. The first-order chi connectivity index (χ1) is 9.38. The molecular weight excluding hydrogens is 252 g/mol. The second-order valence-corrected chi connectivity index (χ2v) is 5.40. The molecule has 0 spiro atoms. The highest BCUT2D eigenvalue weighted by Gasteiger charge is 2.09. The van der Waals surface area contributed by atoms with Gasteiger partial charge in [0.1, 0.15) is 0 Å². The molecule has 0 saturated heterocycles. The monoisotopic (exact) mass is 264 g/mol. The number of benzene rings is 4. The Labute approximate surface area is 116 Å². The second-order valence-electron chi connectivity index (χ2n) is 5.02. The van der Waals surface area contributed by atoms with Gasteiger partial charge in [-0.1, -0.05) is 54.6 Å². The van der Waals surface area contributed by atoms with E-state index in [0.29, 0.717) is 5.88 Å². The lowest BCUT2D eigenvalue weighted by molar-refractivity contribution is 1.17. The maximum Gasteiger partial charge on any atom is 0.0264 e. The number of halogens is 1. The van der Waals surface area contributed by atoms with Gasteiger partial charge in [0, 0.05) is 5.88 Å². The fourth-order valence-electron chi connectivity index (χ4n) is 3.12. The zero-order valence-corrected chi connectivity index (χ0v) is 11.2. The van der Waals surface area contributed by atoms with Gasteiger partial charge < -0.3 is 0 Å². The van der Waals surface area contributed by atoms with E-state index in [1.54, 1.807) is 0 Å². The Morgan fingerprint density at radius 3 is 2.05 bits per heavy atom. The molecule has 0 aliphatic carbocycles. The van der Waals surface area contributed by atoms with Crippen molar-refractivity contribution in [2.75, 3.05) is 5.88 Å². The van der Waals surface area contributed by atoms with Crippen molar-refractivity contribution < 1.29 is 0 Å². The van der Waals surface area contributed by atoms with Crippen molar-refractivity contribution in [2.45, 2.75) is 6.42 Å². The highest BCUT2D eigenvalue weighted by atomic mass is 35.5. The summed E-state index contributed by atoms with van der Waals surface area (Å²) in [5.74, 6) is 0.671. The number of hydrogen-bond donors (Lipinski definition) is 0. The molecule has 0 amide bonds. The van der Waals surface area contributed by atoms with Gasteiger partial charge >= 0.3 is 0 Å². The third kappa shape index (κ3) is 1.53. The number of rotatable bonds is 2. The van der Waals surface area contributed by atoms with Crippen LogP contribution in [0.1, 0.15) is 5.56 Å². The van der Waals surface area contributed by atoms with Crippen LogP contribution in [0.2, 0.25) is 0 Å². The molecule has 0 fully saturated rings. The molecule has 0 nitrogen and oxygen atoms in total. The lowest BCUT2D eigenvalue weighted by atomic mass is 9.91. The SMILES string of the molecule is ClCCc1ccc2ccc3cccc4ccc1c2c34. The molecule has 0 saturated carbocycles. The molecule has 4 rings (SSSR count). The predicted molar refractivity (Wildman–Crippen MR) is 84.6 cm³/mol. The Bertz CT molecular complexity index is 861. The lowest BCUT2D eigenvalue weighted by Crippen LogP contribution is -1.91. The molecule has 0 aromatic heterocycles. The quantitative estimate of drug-likeness (QED) is 0.337. The van der Waals surface area contributed by atoms with Crippen molar-refractivity contribution in [3.05, 3.63) is 60.2 Å². The van der Waals surface area contributed by atoms with Gasteiger partial charge in [0.2, 0.25) is 0 Å². The van der Waals surface area contributed by atoms with E-state index in [-0.39, 0.29) is 0 Å². The van der Waals surface area contributed by atoms with Crippen molar-refractivity contribution in [1.29, 1.82) is 0 Å². The van der Waals surface area contributed by atoms with E-state index >= 15 is 0 Å².